The van der Waals surface area contributed by atoms with Crippen LogP contribution in [-0.4, -0.2) is 55.6 Å². The smallest absolute Gasteiger partial charge is 0.331 e. The van der Waals surface area contributed by atoms with Crippen LogP contribution >= 0.6 is 7.52 Å². The molecule has 2 aliphatic rings. The van der Waals surface area contributed by atoms with Crippen molar-refractivity contribution in [2.24, 2.45) is 5.92 Å². The van der Waals surface area contributed by atoms with E-state index < -0.39 is 19.5 Å². The van der Waals surface area contributed by atoms with Gasteiger partial charge in [0, 0.05) is 13.1 Å². The van der Waals surface area contributed by atoms with Gasteiger partial charge in [-0.1, -0.05) is 39.0 Å². The molecule has 0 amide bonds. The zero-order valence-corrected chi connectivity index (χ0v) is 21.9. The van der Waals surface area contributed by atoms with E-state index in [1.165, 1.54) is 12.8 Å². The SMILES string of the molecule is CC(C)OC(=O)C(C)NP(=O)(CN1CCOCC1)Oc1c(C(C)C)cccc1C(C)C1CC1. The van der Waals surface area contributed by atoms with E-state index >= 15 is 0 Å². The molecule has 1 heterocycles. The molecule has 1 aromatic rings. The van der Waals surface area contributed by atoms with Crippen molar-refractivity contribution >= 4 is 13.5 Å². The van der Waals surface area contributed by atoms with Gasteiger partial charge in [0.2, 0.25) is 0 Å². The Kier molecular flexibility index (Phi) is 9.02. The molecule has 0 aromatic heterocycles. The molecule has 0 bridgehead atoms. The number of carbonyl (C=O) groups excluding carboxylic acids is 1. The standard InChI is InChI=1S/C25H41N2O5P/c1-17(2)22-8-7-9-23(19(5)21-10-11-21)24(22)32-33(29,16-27-12-14-30-15-13-27)26-20(6)25(28)31-18(3)4/h7-9,17-21H,10-16H2,1-6H3,(H,26,29). The summed E-state index contributed by atoms with van der Waals surface area (Å²) < 4.78 is 31.7. The highest BCUT2D eigenvalue weighted by atomic mass is 31.2. The van der Waals surface area contributed by atoms with Crippen LogP contribution in [0.15, 0.2) is 18.2 Å². The van der Waals surface area contributed by atoms with Crippen molar-refractivity contribution in [3.8, 4) is 5.75 Å². The first kappa shape index (κ1) is 26.2. The van der Waals surface area contributed by atoms with Gasteiger partial charge >= 0.3 is 13.5 Å². The molecule has 2 fully saturated rings. The zero-order valence-electron chi connectivity index (χ0n) is 21.0. The Hall–Kier alpha value is -1.40. The van der Waals surface area contributed by atoms with Crippen molar-refractivity contribution < 1.29 is 23.4 Å². The summed E-state index contributed by atoms with van der Waals surface area (Å²) in [6, 6.07) is 5.47. The van der Waals surface area contributed by atoms with Gasteiger partial charge in [-0.2, -0.15) is 0 Å². The maximum Gasteiger partial charge on any atom is 0.331 e. The summed E-state index contributed by atoms with van der Waals surface area (Å²) in [7, 11) is -3.49. The van der Waals surface area contributed by atoms with E-state index in [0.29, 0.717) is 43.9 Å². The summed E-state index contributed by atoms with van der Waals surface area (Å²) in [6.07, 6.45) is 2.40. The predicted octanol–water partition coefficient (Wildman–Crippen LogP) is 5.11. The number of carbonyl (C=O) groups is 1. The average Bonchev–Trinajstić information content (AvgIpc) is 3.58. The van der Waals surface area contributed by atoms with E-state index in [2.05, 4.69) is 49.0 Å². The summed E-state index contributed by atoms with van der Waals surface area (Å²) in [5.41, 5.74) is 2.14. The van der Waals surface area contributed by atoms with E-state index in [1.807, 2.05) is 0 Å². The van der Waals surface area contributed by atoms with E-state index in [-0.39, 0.29) is 18.3 Å². The largest absolute Gasteiger partial charge is 0.462 e. The van der Waals surface area contributed by atoms with Crippen LogP contribution < -0.4 is 9.61 Å². The Balaban J connectivity index is 1.93. The van der Waals surface area contributed by atoms with Gasteiger partial charge in [0.15, 0.2) is 0 Å². The molecular weight excluding hydrogens is 439 g/mol. The third kappa shape index (κ3) is 7.29. The van der Waals surface area contributed by atoms with Gasteiger partial charge in [0.25, 0.3) is 0 Å². The second-order valence-electron chi connectivity index (χ2n) is 10.0. The molecule has 1 aromatic carbocycles. The molecule has 3 rings (SSSR count). The molecule has 8 heteroatoms. The van der Waals surface area contributed by atoms with Crippen molar-refractivity contribution in [3.05, 3.63) is 29.3 Å². The molecule has 186 valence electrons. The van der Waals surface area contributed by atoms with Crippen molar-refractivity contribution in [1.82, 2.24) is 9.99 Å². The molecule has 1 N–H and O–H groups in total. The Bertz CT molecular complexity index is 849. The van der Waals surface area contributed by atoms with Crippen LogP contribution in [0.3, 0.4) is 0 Å². The third-order valence-electron chi connectivity index (χ3n) is 6.34. The topological polar surface area (TPSA) is 77.1 Å². The highest BCUT2D eigenvalue weighted by Gasteiger charge is 2.37. The fraction of sp³-hybridized carbons (Fsp3) is 0.720. The number of hydrogen-bond acceptors (Lipinski definition) is 6. The van der Waals surface area contributed by atoms with E-state index in [4.69, 9.17) is 14.0 Å². The molecule has 0 spiro atoms. The lowest BCUT2D eigenvalue weighted by Gasteiger charge is -2.33. The van der Waals surface area contributed by atoms with Gasteiger partial charge < -0.3 is 14.0 Å². The van der Waals surface area contributed by atoms with E-state index in [1.54, 1.807) is 20.8 Å². The number of morpholine rings is 1. The van der Waals surface area contributed by atoms with E-state index in [0.717, 1.165) is 11.1 Å². The highest BCUT2D eigenvalue weighted by molar-refractivity contribution is 7.57. The summed E-state index contributed by atoms with van der Waals surface area (Å²) in [4.78, 5) is 14.6. The van der Waals surface area contributed by atoms with Gasteiger partial charge in [-0.05, 0) is 62.5 Å². The van der Waals surface area contributed by atoms with Crippen molar-refractivity contribution in [3.63, 3.8) is 0 Å². The van der Waals surface area contributed by atoms with Crippen molar-refractivity contribution in [2.45, 2.75) is 78.4 Å². The summed E-state index contributed by atoms with van der Waals surface area (Å²) in [6.45, 7) is 14.3. The minimum absolute atomic E-state index is 0.208. The number of ether oxygens (including phenoxy) is 2. The van der Waals surface area contributed by atoms with Gasteiger partial charge in [-0.15, -0.1) is 0 Å². The second-order valence-corrected chi connectivity index (χ2v) is 12.1. The van der Waals surface area contributed by atoms with Crippen LogP contribution in [0, 0.1) is 5.92 Å². The predicted molar refractivity (Wildman–Crippen MR) is 131 cm³/mol. The molecule has 1 aliphatic heterocycles. The summed E-state index contributed by atoms with van der Waals surface area (Å²) >= 11 is 0. The monoisotopic (exact) mass is 480 g/mol. The van der Waals surface area contributed by atoms with Crippen LogP contribution in [0.2, 0.25) is 0 Å². The molecule has 33 heavy (non-hydrogen) atoms. The fourth-order valence-electron chi connectivity index (χ4n) is 4.27. The number of hydrogen-bond donors (Lipinski definition) is 1. The number of benzene rings is 1. The molecule has 7 nitrogen and oxygen atoms in total. The molecule has 1 saturated heterocycles. The van der Waals surface area contributed by atoms with Crippen molar-refractivity contribution in [2.75, 3.05) is 32.6 Å². The number of para-hydroxylation sites is 1. The minimum Gasteiger partial charge on any atom is -0.462 e. The molecule has 1 saturated carbocycles. The molecule has 3 atom stereocenters. The maximum atomic E-state index is 14.4. The van der Waals surface area contributed by atoms with Crippen LogP contribution in [0.5, 0.6) is 5.75 Å². The summed E-state index contributed by atoms with van der Waals surface area (Å²) in [5, 5.41) is 3.05. The first-order valence-corrected chi connectivity index (χ1v) is 14.1. The highest BCUT2D eigenvalue weighted by Crippen LogP contribution is 2.52. The van der Waals surface area contributed by atoms with Crippen LogP contribution in [0.1, 0.15) is 77.3 Å². The quantitative estimate of drug-likeness (QED) is 0.348. The van der Waals surface area contributed by atoms with Crippen LogP contribution in [-0.2, 0) is 18.8 Å². The normalized spacial score (nSPS) is 21.0. The lowest BCUT2D eigenvalue weighted by atomic mass is 9.90. The molecule has 0 radical (unpaired) electrons. The first-order valence-electron chi connectivity index (χ1n) is 12.3. The lowest BCUT2D eigenvalue weighted by molar-refractivity contribution is -0.149. The third-order valence-corrected chi connectivity index (χ3v) is 8.37. The van der Waals surface area contributed by atoms with Gasteiger partial charge in [0.1, 0.15) is 18.1 Å². The molecule has 1 aliphatic carbocycles. The lowest BCUT2D eigenvalue weighted by Crippen LogP contribution is -2.42. The Morgan fingerprint density at radius 2 is 1.76 bits per heavy atom. The number of nitrogens with zero attached hydrogens (tertiary/aromatic N) is 1. The zero-order chi connectivity index (χ0) is 24.2. The molecule has 3 unspecified atom stereocenters. The van der Waals surface area contributed by atoms with Crippen LogP contribution in [0.25, 0.3) is 0 Å². The summed E-state index contributed by atoms with van der Waals surface area (Å²) in [5.74, 6) is 1.46. The van der Waals surface area contributed by atoms with Gasteiger partial charge in [0.05, 0.1) is 19.3 Å². The number of esters is 1. The number of nitrogens with one attached hydrogen (secondary N) is 1. The average molecular weight is 481 g/mol. The van der Waals surface area contributed by atoms with Gasteiger partial charge in [-0.25, -0.2) is 5.09 Å². The van der Waals surface area contributed by atoms with Crippen LogP contribution in [0.4, 0.5) is 0 Å². The minimum atomic E-state index is -3.49. The Morgan fingerprint density at radius 1 is 1.12 bits per heavy atom. The first-order chi connectivity index (χ1) is 15.6. The fourth-order valence-corrected chi connectivity index (χ4v) is 6.48. The van der Waals surface area contributed by atoms with E-state index in [9.17, 15) is 9.36 Å². The van der Waals surface area contributed by atoms with Crippen molar-refractivity contribution in [1.29, 1.82) is 0 Å². The Morgan fingerprint density at radius 3 is 2.33 bits per heavy atom. The maximum absolute atomic E-state index is 14.4. The number of rotatable bonds is 11. The van der Waals surface area contributed by atoms with Gasteiger partial charge in [-0.3, -0.25) is 14.3 Å². The molecular formula is C25H41N2O5P. The second kappa shape index (κ2) is 11.4. The Labute approximate surface area is 199 Å².